The van der Waals surface area contributed by atoms with E-state index in [1.807, 2.05) is 30.3 Å². The molecule has 2 nitrogen and oxygen atoms in total. The Morgan fingerprint density at radius 2 is 1.26 bits per heavy atom. The molecule has 0 heterocycles. The third-order valence-electron chi connectivity index (χ3n) is 4.77. The largest absolute Gasteiger partial charge is 0.508 e. The zero-order chi connectivity index (χ0) is 20.1. The normalized spacial score (nSPS) is 11.0. The molecule has 2 aromatic rings. The summed E-state index contributed by atoms with van der Waals surface area (Å²) in [4.78, 5) is 0. The molecule has 0 aliphatic carbocycles. The number of unbranched alkanes of at least 4 members (excludes halogenated alkanes) is 6. The van der Waals surface area contributed by atoms with Crippen molar-refractivity contribution in [1.82, 2.24) is 0 Å². The molecule has 0 atom stereocenters. The van der Waals surface area contributed by atoms with Gasteiger partial charge in [-0.25, -0.2) is 0 Å². The standard InChI is InChI=1S/C15H24O.C10H14O/c1-2-3-4-5-6-7-8-11-14-12-9-10-13-15(14)16;1-10(2,3)8-4-6-9(11)7-5-8/h9-10,12-13,16H,2-8,11H2,1H3;4-7,11H,1-3H3. The van der Waals surface area contributed by atoms with Crippen LogP contribution in [0, 0.1) is 0 Å². The summed E-state index contributed by atoms with van der Waals surface area (Å²) in [5.41, 5.74) is 2.51. The monoisotopic (exact) mass is 370 g/mol. The second-order valence-electron chi connectivity index (χ2n) is 8.30. The van der Waals surface area contributed by atoms with Gasteiger partial charge in [0, 0.05) is 0 Å². The first-order valence-electron chi connectivity index (χ1n) is 10.4. The molecule has 2 aromatic carbocycles. The Balaban J connectivity index is 0.000000289. The van der Waals surface area contributed by atoms with Crippen molar-refractivity contribution in [3.63, 3.8) is 0 Å². The number of aromatic hydroxyl groups is 2. The van der Waals surface area contributed by atoms with E-state index in [0.29, 0.717) is 11.5 Å². The molecule has 0 saturated carbocycles. The average molecular weight is 371 g/mol. The van der Waals surface area contributed by atoms with Gasteiger partial charge in [0.2, 0.25) is 0 Å². The minimum absolute atomic E-state index is 0.174. The molecule has 2 heteroatoms. The van der Waals surface area contributed by atoms with Crippen LogP contribution in [0.4, 0.5) is 0 Å². The molecule has 0 spiro atoms. The van der Waals surface area contributed by atoms with Gasteiger partial charge in [0.1, 0.15) is 11.5 Å². The summed E-state index contributed by atoms with van der Waals surface area (Å²) in [6.07, 6.45) is 10.3. The van der Waals surface area contributed by atoms with Gasteiger partial charge >= 0.3 is 0 Å². The molecule has 0 aromatic heterocycles. The lowest BCUT2D eigenvalue weighted by Crippen LogP contribution is -2.10. The highest BCUT2D eigenvalue weighted by Crippen LogP contribution is 2.23. The van der Waals surface area contributed by atoms with Crippen molar-refractivity contribution in [2.75, 3.05) is 0 Å². The predicted molar refractivity (Wildman–Crippen MR) is 117 cm³/mol. The number of para-hydroxylation sites is 1. The number of phenols is 2. The third kappa shape index (κ3) is 10.1. The van der Waals surface area contributed by atoms with E-state index in [1.165, 1.54) is 50.5 Å². The quantitative estimate of drug-likeness (QED) is 0.476. The summed E-state index contributed by atoms with van der Waals surface area (Å²) in [6, 6.07) is 15.0. The first kappa shape index (κ1) is 23.1. The maximum Gasteiger partial charge on any atom is 0.118 e. The molecule has 27 heavy (non-hydrogen) atoms. The molecule has 0 unspecified atom stereocenters. The van der Waals surface area contributed by atoms with Gasteiger partial charge in [0.05, 0.1) is 0 Å². The van der Waals surface area contributed by atoms with E-state index < -0.39 is 0 Å². The van der Waals surface area contributed by atoms with Crippen molar-refractivity contribution in [1.29, 1.82) is 0 Å². The molecule has 0 saturated heterocycles. The molecule has 0 aliphatic rings. The summed E-state index contributed by atoms with van der Waals surface area (Å²) in [6.45, 7) is 8.70. The maximum atomic E-state index is 9.58. The molecule has 2 rings (SSSR count). The fourth-order valence-electron chi connectivity index (χ4n) is 2.96. The molecule has 0 bridgehead atoms. The first-order valence-corrected chi connectivity index (χ1v) is 10.4. The number of aryl methyl sites for hydroxylation is 1. The van der Waals surface area contributed by atoms with Crippen molar-refractivity contribution < 1.29 is 10.2 Å². The third-order valence-corrected chi connectivity index (χ3v) is 4.77. The van der Waals surface area contributed by atoms with Crippen LogP contribution in [0.15, 0.2) is 48.5 Å². The Hall–Kier alpha value is -1.96. The summed E-state index contributed by atoms with van der Waals surface area (Å²) >= 11 is 0. The van der Waals surface area contributed by atoms with Crippen LogP contribution >= 0.6 is 0 Å². The number of hydrogen-bond acceptors (Lipinski definition) is 2. The van der Waals surface area contributed by atoms with E-state index in [4.69, 9.17) is 5.11 Å². The molecular weight excluding hydrogens is 332 g/mol. The van der Waals surface area contributed by atoms with E-state index in [1.54, 1.807) is 18.2 Å². The first-order chi connectivity index (χ1) is 12.8. The average Bonchev–Trinajstić information content (AvgIpc) is 2.62. The molecule has 0 radical (unpaired) electrons. The molecule has 0 amide bonds. The molecule has 0 aliphatic heterocycles. The van der Waals surface area contributed by atoms with Crippen LogP contribution in [0.5, 0.6) is 11.5 Å². The van der Waals surface area contributed by atoms with Crippen LogP contribution in [0.3, 0.4) is 0 Å². The Bertz CT molecular complexity index is 624. The van der Waals surface area contributed by atoms with E-state index in [-0.39, 0.29) is 5.41 Å². The second kappa shape index (κ2) is 12.4. The van der Waals surface area contributed by atoms with E-state index in [9.17, 15) is 5.11 Å². The van der Waals surface area contributed by atoms with Crippen molar-refractivity contribution in [2.45, 2.75) is 84.5 Å². The fourth-order valence-corrected chi connectivity index (χ4v) is 2.96. The fraction of sp³-hybridized carbons (Fsp3) is 0.520. The highest BCUT2D eigenvalue weighted by Gasteiger charge is 2.12. The van der Waals surface area contributed by atoms with Crippen LogP contribution in [-0.4, -0.2) is 10.2 Å². The van der Waals surface area contributed by atoms with E-state index in [0.717, 1.165) is 12.0 Å². The van der Waals surface area contributed by atoms with Crippen molar-refractivity contribution >= 4 is 0 Å². The predicted octanol–water partition coefficient (Wildman–Crippen LogP) is 7.38. The van der Waals surface area contributed by atoms with Crippen LogP contribution < -0.4 is 0 Å². The maximum absolute atomic E-state index is 9.58. The molecular formula is C25H38O2. The van der Waals surface area contributed by atoms with E-state index >= 15 is 0 Å². The molecule has 2 N–H and O–H groups in total. The lowest BCUT2D eigenvalue weighted by molar-refractivity contribution is 0.466. The number of rotatable bonds is 8. The van der Waals surface area contributed by atoms with Gasteiger partial charge in [-0.15, -0.1) is 0 Å². The van der Waals surface area contributed by atoms with Crippen molar-refractivity contribution in [2.24, 2.45) is 0 Å². The van der Waals surface area contributed by atoms with Crippen molar-refractivity contribution in [3.8, 4) is 11.5 Å². The van der Waals surface area contributed by atoms with Gasteiger partial charge in [0.15, 0.2) is 0 Å². The molecule has 0 fully saturated rings. The molecule has 150 valence electrons. The van der Waals surface area contributed by atoms with Gasteiger partial charge in [-0.05, 0) is 47.6 Å². The highest BCUT2D eigenvalue weighted by atomic mass is 16.3. The summed E-state index contributed by atoms with van der Waals surface area (Å²) in [7, 11) is 0. The highest BCUT2D eigenvalue weighted by molar-refractivity contribution is 5.31. The number of phenolic OH excluding ortho intramolecular Hbond substituents is 2. The van der Waals surface area contributed by atoms with E-state index in [2.05, 4.69) is 27.7 Å². The van der Waals surface area contributed by atoms with Gasteiger partial charge in [0.25, 0.3) is 0 Å². The van der Waals surface area contributed by atoms with Crippen LogP contribution in [0.25, 0.3) is 0 Å². The van der Waals surface area contributed by atoms with Crippen molar-refractivity contribution in [3.05, 3.63) is 59.7 Å². The SMILES string of the molecule is CC(C)(C)c1ccc(O)cc1.CCCCCCCCCc1ccccc1O. The summed E-state index contributed by atoms with van der Waals surface area (Å²) in [5, 5.41) is 18.6. The van der Waals surface area contributed by atoms with Crippen LogP contribution in [0.2, 0.25) is 0 Å². The minimum Gasteiger partial charge on any atom is -0.508 e. The van der Waals surface area contributed by atoms with Gasteiger partial charge in [-0.2, -0.15) is 0 Å². The van der Waals surface area contributed by atoms with Gasteiger partial charge < -0.3 is 10.2 Å². The lowest BCUT2D eigenvalue weighted by atomic mass is 9.87. The smallest absolute Gasteiger partial charge is 0.118 e. The second-order valence-corrected chi connectivity index (χ2v) is 8.30. The zero-order valence-corrected chi connectivity index (χ0v) is 17.7. The Kier molecular flexibility index (Phi) is 10.6. The Morgan fingerprint density at radius 3 is 1.81 bits per heavy atom. The number of benzene rings is 2. The van der Waals surface area contributed by atoms with Crippen LogP contribution in [0.1, 0.15) is 83.8 Å². The Labute approximate surface area is 166 Å². The Morgan fingerprint density at radius 1 is 0.704 bits per heavy atom. The van der Waals surface area contributed by atoms with Gasteiger partial charge in [-0.1, -0.05) is 96.6 Å². The zero-order valence-electron chi connectivity index (χ0n) is 17.7. The number of hydrogen-bond donors (Lipinski definition) is 2. The minimum atomic E-state index is 0.174. The topological polar surface area (TPSA) is 40.5 Å². The van der Waals surface area contributed by atoms with Crippen LogP contribution in [-0.2, 0) is 11.8 Å². The summed E-state index contributed by atoms with van der Waals surface area (Å²) in [5.74, 6) is 0.784. The van der Waals surface area contributed by atoms with Gasteiger partial charge in [-0.3, -0.25) is 0 Å². The summed E-state index contributed by atoms with van der Waals surface area (Å²) < 4.78 is 0. The lowest BCUT2D eigenvalue weighted by Gasteiger charge is -2.18.